The average molecular weight is 499 g/mol. The van der Waals surface area contributed by atoms with E-state index < -0.39 is 30.1 Å². The number of hydrogen-bond donors (Lipinski definition) is 2. The molecule has 1 unspecified atom stereocenters. The van der Waals surface area contributed by atoms with E-state index in [1.165, 1.54) is 18.3 Å². The molecule has 0 bridgehead atoms. The molecule has 188 valence electrons. The molecule has 0 saturated carbocycles. The van der Waals surface area contributed by atoms with Crippen molar-refractivity contribution in [3.8, 4) is 0 Å². The first kappa shape index (κ1) is 25.0. The highest BCUT2D eigenvalue weighted by Gasteiger charge is 2.48. The van der Waals surface area contributed by atoms with Gasteiger partial charge in [-0.25, -0.2) is 4.79 Å². The maximum absolute atomic E-state index is 14.0. The molecule has 7 nitrogen and oxygen atoms in total. The number of anilines is 1. The Morgan fingerprint density at radius 2 is 1.56 bits per heavy atom. The number of carbonyl (C=O) groups excluding carboxylic acids is 1. The van der Waals surface area contributed by atoms with Crippen LogP contribution in [0.2, 0.25) is 0 Å². The quantitative estimate of drug-likeness (QED) is 0.481. The number of hydrogen-bond acceptors (Lipinski definition) is 4. The van der Waals surface area contributed by atoms with Crippen LogP contribution in [0.1, 0.15) is 28.9 Å². The van der Waals surface area contributed by atoms with Gasteiger partial charge in [0.15, 0.2) is 6.04 Å². The van der Waals surface area contributed by atoms with Crippen LogP contribution in [0.25, 0.3) is 0 Å². The van der Waals surface area contributed by atoms with E-state index in [1.807, 2.05) is 60.7 Å². The first-order valence-corrected chi connectivity index (χ1v) is 11.3. The summed E-state index contributed by atoms with van der Waals surface area (Å²) >= 11 is 0. The number of benzene rings is 2. The zero-order valence-corrected chi connectivity index (χ0v) is 19.4. The Labute approximate surface area is 206 Å². The zero-order chi connectivity index (χ0) is 25.9. The zero-order valence-electron chi connectivity index (χ0n) is 19.4. The highest BCUT2D eigenvalue weighted by Crippen LogP contribution is 2.38. The minimum absolute atomic E-state index is 0.125. The van der Waals surface area contributed by atoms with Crippen molar-refractivity contribution in [2.24, 2.45) is 5.92 Å². The summed E-state index contributed by atoms with van der Waals surface area (Å²) < 4.78 is 42.0. The molecule has 1 atom stereocenters. The molecular formula is C26H25F3N4O3. The second kappa shape index (κ2) is 10.3. The van der Waals surface area contributed by atoms with Gasteiger partial charge in [-0.3, -0.25) is 9.78 Å². The second-order valence-electron chi connectivity index (χ2n) is 8.65. The number of rotatable bonds is 7. The molecular weight excluding hydrogens is 473 g/mol. The SMILES string of the molecule is CN(C(=O)C1CN(C(=O)O)C1)C(c1ccc(NC(c2ccccc2)c2ccccc2)cn1)C(F)(F)F. The minimum Gasteiger partial charge on any atom is -0.465 e. The number of amides is 2. The Bertz CT molecular complexity index is 1150. The fourth-order valence-electron chi connectivity index (χ4n) is 4.26. The van der Waals surface area contributed by atoms with Crippen LogP contribution in [0.15, 0.2) is 79.0 Å². The summed E-state index contributed by atoms with van der Waals surface area (Å²) in [5.41, 5.74) is 2.14. The van der Waals surface area contributed by atoms with E-state index >= 15 is 0 Å². The summed E-state index contributed by atoms with van der Waals surface area (Å²) in [6.07, 6.45) is -4.65. The molecule has 0 radical (unpaired) electrons. The Balaban J connectivity index is 1.54. The largest absolute Gasteiger partial charge is 0.465 e. The Kier molecular flexibility index (Phi) is 7.14. The molecule has 10 heteroatoms. The van der Waals surface area contributed by atoms with Crippen molar-refractivity contribution < 1.29 is 27.9 Å². The molecule has 2 N–H and O–H groups in total. The molecule has 0 aliphatic carbocycles. The highest BCUT2D eigenvalue weighted by molar-refractivity contribution is 5.82. The lowest BCUT2D eigenvalue weighted by Crippen LogP contribution is -2.56. The third-order valence-electron chi connectivity index (χ3n) is 6.19. The van der Waals surface area contributed by atoms with Crippen LogP contribution < -0.4 is 5.32 Å². The number of nitrogens with one attached hydrogen (secondary N) is 1. The summed E-state index contributed by atoms with van der Waals surface area (Å²) in [6, 6.07) is 19.5. The van der Waals surface area contributed by atoms with Crippen LogP contribution in [-0.2, 0) is 4.79 Å². The Hall–Kier alpha value is -4.08. The van der Waals surface area contributed by atoms with Gasteiger partial charge < -0.3 is 20.2 Å². The minimum atomic E-state index is -4.76. The number of carbonyl (C=O) groups is 2. The lowest BCUT2D eigenvalue weighted by molar-refractivity contribution is -0.193. The smallest absolute Gasteiger partial charge is 0.414 e. The van der Waals surface area contributed by atoms with Crippen LogP contribution in [0.3, 0.4) is 0 Å². The van der Waals surface area contributed by atoms with Crippen LogP contribution in [-0.4, -0.2) is 58.2 Å². The van der Waals surface area contributed by atoms with Crippen molar-refractivity contribution >= 4 is 17.7 Å². The van der Waals surface area contributed by atoms with Gasteiger partial charge in [0.05, 0.1) is 29.5 Å². The summed E-state index contributed by atoms with van der Waals surface area (Å²) in [5, 5.41) is 12.3. The summed E-state index contributed by atoms with van der Waals surface area (Å²) in [4.78, 5) is 29.2. The van der Waals surface area contributed by atoms with Crippen molar-refractivity contribution in [3.63, 3.8) is 0 Å². The van der Waals surface area contributed by atoms with Crippen molar-refractivity contribution in [3.05, 3.63) is 95.8 Å². The number of carboxylic acid groups (broad SMARTS) is 1. The molecule has 1 saturated heterocycles. The molecule has 1 aromatic heterocycles. The number of halogens is 3. The second-order valence-corrected chi connectivity index (χ2v) is 8.65. The molecule has 1 fully saturated rings. The van der Waals surface area contributed by atoms with Crippen LogP contribution in [0.4, 0.5) is 23.7 Å². The van der Waals surface area contributed by atoms with Crippen molar-refractivity contribution in [1.29, 1.82) is 0 Å². The summed E-state index contributed by atoms with van der Waals surface area (Å²) in [6.45, 7) is -0.251. The monoisotopic (exact) mass is 498 g/mol. The summed E-state index contributed by atoms with van der Waals surface area (Å²) in [5.74, 6) is -1.58. The molecule has 0 spiro atoms. The van der Waals surface area contributed by atoms with E-state index in [4.69, 9.17) is 5.11 Å². The van der Waals surface area contributed by atoms with E-state index in [-0.39, 0.29) is 24.8 Å². The van der Waals surface area contributed by atoms with Gasteiger partial charge in [-0.15, -0.1) is 0 Å². The van der Waals surface area contributed by atoms with Gasteiger partial charge in [-0.2, -0.15) is 13.2 Å². The number of likely N-dealkylation sites (tertiary alicyclic amines) is 1. The predicted molar refractivity (Wildman–Crippen MR) is 127 cm³/mol. The van der Waals surface area contributed by atoms with Crippen molar-refractivity contribution in [2.45, 2.75) is 18.3 Å². The van der Waals surface area contributed by atoms with Gasteiger partial charge in [0.25, 0.3) is 0 Å². The first-order valence-electron chi connectivity index (χ1n) is 11.3. The highest BCUT2D eigenvalue weighted by atomic mass is 19.4. The fourth-order valence-corrected chi connectivity index (χ4v) is 4.26. The molecule has 2 amide bonds. The standard InChI is InChI=1S/C26H25F3N4O3/c1-32(24(34)19-15-33(16-19)25(35)36)23(26(27,28)29)21-13-12-20(14-30-21)31-22(17-8-4-2-5-9-17)18-10-6-3-7-11-18/h2-14,19,22-23,31H,15-16H2,1H3,(H,35,36). The van der Waals surface area contributed by atoms with Gasteiger partial charge in [0.2, 0.25) is 5.91 Å². The number of alkyl halides is 3. The van der Waals surface area contributed by atoms with Crippen LogP contribution in [0, 0.1) is 5.92 Å². The predicted octanol–water partition coefficient (Wildman–Crippen LogP) is 4.95. The van der Waals surface area contributed by atoms with E-state index in [1.54, 1.807) is 0 Å². The van der Waals surface area contributed by atoms with Crippen LogP contribution >= 0.6 is 0 Å². The molecule has 1 aliphatic rings. The molecule has 2 heterocycles. The molecule has 2 aromatic carbocycles. The van der Waals surface area contributed by atoms with E-state index in [0.717, 1.165) is 23.1 Å². The van der Waals surface area contributed by atoms with Gasteiger partial charge in [-0.05, 0) is 23.3 Å². The van der Waals surface area contributed by atoms with Gasteiger partial charge in [0, 0.05) is 20.1 Å². The Morgan fingerprint density at radius 1 is 1.00 bits per heavy atom. The third-order valence-corrected chi connectivity index (χ3v) is 6.19. The molecule has 1 aliphatic heterocycles. The van der Waals surface area contributed by atoms with E-state index in [0.29, 0.717) is 10.6 Å². The maximum atomic E-state index is 14.0. The van der Waals surface area contributed by atoms with Crippen molar-refractivity contribution in [2.75, 3.05) is 25.5 Å². The fraction of sp³-hybridized carbons (Fsp3) is 0.269. The van der Waals surface area contributed by atoms with E-state index in [9.17, 15) is 22.8 Å². The first-order chi connectivity index (χ1) is 17.1. The lowest BCUT2D eigenvalue weighted by atomic mass is 9.97. The average Bonchev–Trinajstić information content (AvgIpc) is 2.82. The lowest BCUT2D eigenvalue weighted by Gasteiger charge is -2.40. The van der Waals surface area contributed by atoms with Gasteiger partial charge >= 0.3 is 12.3 Å². The third kappa shape index (κ3) is 5.42. The number of pyridine rings is 1. The van der Waals surface area contributed by atoms with Gasteiger partial charge in [-0.1, -0.05) is 60.7 Å². The normalized spacial score (nSPS) is 14.8. The topological polar surface area (TPSA) is 85.8 Å². The maximum Gasteiger partial charge on any atom is 0.414 e. The Morgan fingerprint density at radius 3 is 2.00 bits per heavy atom. The molecule has 3 aromatic rings. The number of aromatic nitrogens is 1. The van der Waals surface area contributed by atoms with Gasteiger partial charge in [0.1, 0.15) is 0 Å². The van der Waals surface area contributed by atoms with Crippen molar-refractivity contribution in [1.82, 2.24) is 14.8 Å². The van der Waals surface area contributed by atoms with E-state index in [2.05, 4.69) is 10.3 Å². The van der Waals surface area contributed by atoms with Crippen LogP contribution in [0.5, 0.6) is 0 Å². The summed E-state index contributed by atoms with van der Waals surface area (Å²) in [7, 11) is 1.07. The molecule has 4 rings (SSSR count). The molecule has 36 heavy (non-hydrogen) atoms. The number of nitrogens with zero attached hydrogens (tertiary/aromatic N) is 3.